The molecule has 28 heavy (non-hydrogen) atoms. The van der Waals surface area contributed by atoms with E-state index in [1.165, 1.54) is 24.3 Å². The number of rotatable bonds is 10. The fraction of sp³-hybridized carbons (Fsp3) is 0.556. The van der Waals surface area contributed by atoms with Gasteiger partial charge in [0.25, 0.3) is 0 Å². The molecule has 10 nitrogen and oxygen atoms in total. The third kappa shape index (κ3) is 7.89. The molecule has 2 atom stereocenters. The van der Waals surface area contributed by atoms with Crippen molar-refractivity contribution in [2.45, 2.75) is 12.2 Å². The van der Waals surface area contributed by atoms with Crippen LogP contribution in [0.15, 0.2) is 34.5 Å². The summed E-state index contributed by atoms with van der Waals surface area (Å²) in [5.74, 6) is -1.04. The molecule has 0 aliphatic carbocycles. The Morgan fingerprint density at radius 2 is 1.07 bits per heavy atom. The molecule has 0 saturated carbocycles. The van der Waals surface area contributed by atoms with Gasteiger partial charge in [0.15, 0.2) is 0 Å². The summed E-state index contributed by atoms with van der Waals surface area (Å²) in [4.78, 5) is 0. The number of quaternary nitrogens is 2. The maximum Gasteiger partial charge on any atom is 0.131 e. The lowest BCUT2D eigenvalue weighted by atomic mass is 10.1. The van der Waals surface area contributed by atoms with E-state index in [1.807, 2.05) is 0 Å². The smallest absolute Gasteiger partial charge is 0.131 e. The van der Waals surface area contributed by atoms with E-state index in [0.29, 0.717) is 0 Å². The quantitative estimate of drug-likeness (QED) is 0.139. The molecule has 0 bridgehead atoms. The van der Waals surface area contributed by atoms with Gasteiger partial charge < -0.3 is 30.6 Å². The van der Waals surface area contributed by atoms with Gasteiger partial charge in [0.1, 0.15) is 25.3 Å². The average molecular weight is 398 g/mol. The molecule has 1 aromatic carbocycles. The van der Waals surface area contributed by atoms with Crippen LogP contribution in [-0.4, -0.2) is 108 Å². The first-order chi connectivity index (χ1) is 12.9. The molecule has 1 aromatic rings. The molecule has 0 saturated heterocycles. The van der Waals surface area contributed by atoms with Crippen LogP contribution >= 0.6 is 0 Å². The highest BCUT2D eigenvalue weighted by Gasteiger charge is 2.21. The van der Waals surface area contributed by atoms with Gasteiger partial charge >= 0.3 is 0 Å². The standard InChI is InChI=1S/C18H30N4O6/c1-21(2,9-15(25)11-23)19-17(27)13-5-7-14(8-6-13)18(28)20-22(3,4)10-16(26)12-24/h5-8,15-16,23-26H,9-12H2,1-4H3/t15-,16-/m0/s1. The van der Waals surface area contributed by atoms with Crippen LogP contribution in [0.2, 0.25) is 0 Å². The molecule has 158 valence electrons. The number of aliphatic hydroxyl groups is 4. The summed E-state index contributed by atoms with van der Waals surface area (Å²) in [7, 11) is 6.48. The van der Waals surface area contributed by atoms with Gasteiger partial charge in [-0.15, -0.1) is 0 Å². The summed E-state index contributed by atoms with van der Waals surface area (Å²) in [6.07, 6.45) is -1.97. The molecular weight excluding hydrogens is 368 g/mol. The lowest BCUT2D eigenvalue weighted by Gasteiger charge is -2.27. The summed E-state index contributed by atoms with van der Waals surface area (Å²) in [6.45, 7) is -0.694. The van der Waals surface area contributed by atoms with E-state index in [9.17, 15) is 20.4 Å². The molecule has 0 spiro atoms. The minimum atomic E-state index is -0.987. The first-order valence-electron chi connectivity index (χ1n) is 8.78. The maximum atomic E-state index is 12.3. The second-order valence-corrected chi connectivity index (χ2v) is 7.67. The highest BCUT2D eigenvalue weighted by Crippen LogP contribution is 2.09. The van der Waals surface area contributed by atoms with Crippen LogP contribution in [0.1, 0.15) is 11.1 Å². The van der Waals surface area contributed by atoms with Crippen LogP contribution in [0.3, 0.4) is 0 Å². The zero-order valence-corrected chi connectivity index (χ0v) is 16.7. The van der Waals surface area contributed by atoms with Gasteiger partial charge in [-0.05, 0) is 11.1 Å². The molecule has 0 heterocycles. The Morgan fingerprint density at radius 1 is 0.786 bits per heavy atom. The third-order valence-electron chi connectivity index (χ3n) is 3.84. The summed E-state index contributed by atoms with van der Waals surface area (Å²) < 4.78 is -0.315. The molecule has 0 unspecified atom stereocenters. The number of aliphatic hydroxyl groups excluding tert-OH is 4. The summed E-state index contributed by atoms with van der Waals surface area (Å²) >= 11 is 0. The number of likely N-dealkylation sites (N-methyl/N-ethyl adjacent to an activating group) is 2. The van der Waals surface area contributed by atoms with Crippen molar-refractivity contribution in [3.8, 4) is 0 Å². The molecule has 0 radical (unpaired) electrons. The van der Waals surface area contributed by atoms with Gasteiger partial charge in [-0.1, -0.05) is 34.5 Å². The largest absolute Gasteiger partial charge is 0.855 e. The van der Waals surface area contributed by atoms with E-state index in [1.54, 1.807) is 28.2 Å². The zero-order valence-electron chi connectivity index (χ0n) is 16.7. The monoisotopic (exact) mass is 398 g/mol. The number of benzene rings is 1. The van der Waals surface area contributed by atoms with E-state index in [4.69, 9.17) is 10.2 Å². The Labute approximate surface area is 164 Å². The molecule has 0 aliphatic rings. The molecule has 0 aliphatic heterocycles. The van der Waals surface area contributed by atoms with Crippen molar-refractivity contribution in [2.24, 2.45) is 10.2 Å². The molecule has 10 heteroatoms. The zero-order chi connectivity index (χ0) is 21.5. The lowest BCUT2D eigenvalue weighted by molar-refractivity contribution is -0.901. The number of hydrogen-bond donors (Lipinski definition) is 4. The lowest BCUT2D eigenvalue weighted by Crippen LogP contribution is -2.44. The maximum absolute atomic E-state index is 12.3. The summed E-state index contributed by atoms with van der Waals surface area (Å²) in [5, 5.41) is 69.5. The Balaban J connectivity index is 2.95. The second kappa shape index (κ2) is 9.92. The van der Waals surface area contributed by atoms with Crippen molar-refractivity contribution >= 4 is 11.8 Å². The Morgan fingerprint density at radius 3 is 1.32 bits per heavy atom. The van der Waals surface area contributed by atoms with Gasteiger partial charge in [-0.3, -0.25) is 0 Å². The van der Waals surface area contributed by atoms with Gasteiger partial charge in [0, 0.05) is 0 Å². The van der Waals surface area contributed by atoms with Crippen LogP contribution in [0.5, 0.6) is 0 Å². The average Bonchev–Trinajstić information content (AvgIpc) is 2.59. The van der Waals surface area contributed by atoms with E-state index in [-0.39, 0.29) is 33.4 Å². The van der Waals surface area contributed by atoms with E-state index >= 15 is 0 Å². The van der Waals surface area contributed by atoms with Gasteiger partial charge in [0.05, 0.1) is 53.2 Å². The Hall–Kier alpha value is -2.08. The van der Waals surface area contributed by atoms with Crippen molar-refractivity contribution < 1.29 is 39.8 Å². The molecule has 0 aromatic heterocycles. The van der Waals surface area contributed by atoms with Gasteiger partial charge in [-0.2, -0.15) is 0 Å². The minimum absolute atomic E-state index is 0.0738. The molecular formula is C18H30N4O6. The van der Waals surface area contributed by atoms with Gasteiger partial charge in [-0.25, -0.2) is 9.18 Å². The molecule has 1 rings (SSSR count). The fourth-order valence-corrected chi connectivity index (χ4v) is 2.59. The summed E-state index contributed by atoms with van der Waals surface area (Å²) in [6, 6.07) is 5.83. The van der Waals surface area contributed by atoms with Crippen molar-refractivity contribution in [2.75, 3.05) is 54.5 Å². The minimum Gasteiger partial charge on any atom is -0.855 e. The first-order valence-corrected chi connectivity index (χ1v) is 8.78. The number of nitrogens with zero attached hydrogens (tertiary/aromatic N) is 4. The van der Waals surface area contributed by atoms with E-state index in [0.717, 1.165) is 0 Å². The topological polar surface area (TPSA) is 152 Å². The highest BCUT2D eigenvalue weighted by atomic mass is 16.3. The first kappa shape index (κ1) is 24.0. The second-order valence-electron chi connectivity index (χ2n) is 7.67. The fourth-order valence-electron chi connectivity index (χ4n) is 2.59. The summed E-state index contributed by atoms with van der Waals surface area (Å²) in [5.41, 5.74) is 0.538. The van der Waals surface area contributed by atoms with Gasteiger partial charge in [0.2, 0.25) is 0 Å². The van der Waals surface area contributed by atoms with Crippen LogP contribution in [0, 0.1) is 0 Å². The Kier molecular flexibility index (Phi) is 8.48. The molecule has 0 fully saturated rings. The van der Waals surface area contributed by atoms with Crippen molar-refractivity contribution in [1.29, 1.82) is 0 Å². The predicted octanol–water partition coefficient (Wildman–Crippen LogP) is -3.41. The normalized spacial score (nSPS) is 16.1. The Bertz CT molecular complexity index is 629. The SMILES string of the molecule is C[N+](C)(C[C@H](O)CO)N=C([O-])c1ccc(C([O-])=N[N+](C)(C)C[C@H](O)CO)cc1. The van der Waals surface area contributed by atoms with Crippen LogP contribution in [0.25, 0.3) is 0 Å². The van der Waals surface area contributed by atoms with Crippen LogP contribution < -0.4 is 10.2 Å². The number of hydrogen-bond acceptors (Lipinski definition) is 8. The highest BCUT2D eigenvalue weighted by molar-refractivity contribution is 5.94. The van der Waals surface area contributed by atoms with Crippen molar-refractivity contribution in [3.63, 3.8) is 0 Å². The predicted molar refractivity (Wildman–Crippen MR) is 99.7 cm³/mol. The van der Waals surface area contributed by atoms with E-state index < -0.39 is 37.2 Å². The van der Waals surface area contributed by atoms with Crippen molar-refractivity contribution in [1.82, 2.24) is 0 Å². The van der Waals surface area contributed by atoms with Crippen LogP contribution in [0.4, 0.5) is 0 Å². The van der Waals surface area contributed by atoms with Crippen molar-refractivity contribution in [3.05, 3.63) is 35.4 Å². The van der Waals surface area contributed by atoms with Crippen LogP contribution in [-0.2, 0) is 0 Å². The molecule has 0 amide bonds. The molecule has 4 N–H and O–H groups in total. The van der Waals surface area contributed by atoms with E-state index in [2.05, 4.69) is 10.2 Å². The third-order valence-corrected chi connectivity index (χ3v) is 3.84.